The van der Waals surface area contributed by atoms with Crippen LogP contribution in [0.3, 0.4) is 0 Å². The molecule has 2 aromatic rings. The van der Waals surface area contributed by atoms with Crippen molar-refractivity contribution in [2.24, 2.45) is 5.41 Å². The Kier molecular flexibility index (Phi) is 4.37. The molecule has 0 aliphatic rings. The van der Waals surface area contributed by atoms with E-state index in [0.29, 0.717) is 17.8 Å². The number of likely N-dealkylation sites (N-methyl/N-ethyl adjacent to an activating group) is 1. The predicted octanol–water partition coefficient (Wildman–Crippen LogP) is 3.36. The lowest BCUT2D eigenvalue weighted by Crippen LogP contribution is -2.41. The summed E-state index contributed by atoms with van der Waals surface area (Å²) >= 11 is 1.62. The molecule has 1 N–H and O–H groups in total. The fourth-order valence-electron chi connectivity index (χ4n) is 1.95. The number of nitrogens with zero attached hydrogens (tertiary/aromatic N) is 2. The summed E-state index contributed by atoms with van der Waals surface area (Å²) in [4.78, 5) is 5.53. The molecule has 2 aromatic heterocycles. The summed E-state index contributed by atoms with van der Waals surface area (Å²) in [6.07, 6.45) is 0.760. The molecule has 0 spiro atoms. The van der Waals surface area contributed by atoms with Crippen molar-refractivity contribution in [1.29, 1.82) is 0 Å². The van der Waals surface area contributed by atoms with Gasteiger partial charge in [0, 0.05) is 12.5 Å². The Hall–Kier alpha value is -1.20. The third-order valence-corrected chi connectivity index (χ3v) is 3.95. The second kappa shape index (κ2) is 5.84. The van der Waals surface area contributed by atoms with E-state index in [0.717, 1.165) is 17.8 Å². The summed E-state index contributed by atoms with van der Waals surface area (Å²) in [7, 11) is 0. The minimum Gasteiger partial charge on any atom is -0.339 e. The Morgan fingerprint density at radius 1 is 1.42 bits per heavy atom. The van der Waals surface area contributed by atoms with Gasteiger partial charge in [0.1, 0.15) is 0 Å². The zero-order chi connectivity index (χ0) is 13.9. The number of hydrogen-bond donors (Lipinski definition) is 1. The van der Waals surface area contributed by atoms with Crippen LogP contribution < -0.4 is 5.32 Å². The fraction of sp³-hybridized carbons (Fsp3) is 0.571. The van der Waals surface area contributed by atoms with Crippen LogP contribution in [0.5, 0.6) is 0 Å². The van der Waals surface area contributed by atoms with Crippen LogP contribution in [0.15, 0.2) is 22.0 Å². The summed E-state index contributed by atoms with van der Waals surface area (Å²) in [6, 6.07) is 4.33. The van der Waals surface area contributed by atoms with Gasteiger partial charge in [0.25, 0.3) is 0 Å². The van der Waals surface area contributed by atoms with Crippen molar-refractivity contribution in [3.63, 3.8) is 0 Å². The smallest absolute Gasteiger partial charge is 0.228 e. The summed E-state index contributed by atoms with van der Waals surface area (Å²) in [5.41, 5.74) is 0.160. The van der Waals surface area contributed by atoms with E-state index in [1.54, 1.807) is 11.3 Å². The van der Waals surface area contributed by atoms with Gasteiger partial charge >= 0.3 is 0 Å². The molecular formula is C14H21N3OS. The monoisotopic (exact) mass is 279 g/mol. The predicted molar refractivity (Wildman–Crippen MR) is 78.2 cm³/mol. The third kappa shape index (κ3) is 3.64. The largest absolute Gasteiger partial charge is 0.339 e. The molecule has 0 saturated carbocycles. The van der Waals surface area contributed by atoms with Gasteiger partial charge < -0.3 is 9.84 Å². The first kappa shape index (κ1) is 14.2. The molecule has 19 heavy (non-hydrogen) atoms. The molecule has 1 atom stereocenters. The van der Waals surface area contributed by atoms with Crippen molar-refractivity contribution in [2.45, 2.75) is 40.2 Å². The SMILES string of the molecule is CCNC(Cc1nc(-c2cccs2)no1)C(C)(C)C. The van der Waals surface area contributed by atoms with Gasteiger partial charge in [-0.25, -0.2) is 0 Å². The number of thiophene rings is 1. The maximum atomic E-state index is 5.37. The minimum atomic E-state index is 0.160. The summed E-state index contributed by atoms with van der Waals surface area (Å²) in [6.45, 7) is 9.71. The first-order chi connectivity index (χ1) is 9.00. The van der Waals surface area contributed by atoms with Crippen molar-refractivity contribution in [1.82, 2.24) is 15.5 Å². The normalized spacial score (nSPS) is 13.7. The zero-order valence-electron chi connectivity index (χ0n) is 11.9. The molecule has 0 saturated heterocycles. The van der Waals surface area contributed by atoms with Gasteiger partial charge in [0.15, 0.2) is 0 Å². The molecule has 0 amide bonds. The number of hydrogen-bond acceptors (Lipinski definition) is 5. The van der Waals surface area contributed by atoms with Gasteiger partial charge in [-0.15, -0.1) is 11.3 Å². The highest BCUT2D eigenvalue weighted by molar-refractivity contribution is 7.13. The van der Waals surface area contributed by atoms with Crippen LogP contribution in [0.25, 0.3) is 10.7 Å². The van der Waals surface area contributed by atoms with Crippen LogP contribution in [0, 0.1) is 5.41 Å². The van der Waals surface area contributed by atoms with Gasteiger partial charge in [-0.3, -0.25) is 0 Å². The van der Waals surface area contributed by atoms with E-state index < -0.39 is 0 Å². The van der Waals surface area contributed by atoms with Crippen LogP contribution in [0.1, 0.15) is 33.6 Å². The van der Waals surface area contributed by atoms with E-state index in [9.17, 15) is 0 Å². The molecule has 2 heterocycles. The Labute approximate surface area is 118 Å². The highest BCUT2D eigenvalue weighted by Crippen LogP contribution is 2.25. The second-order valence-corrected chi connectivity index (χ2v) is 6.62. The average molecular weight is 279 g/mol. The first-order valence-electron chi connectivity index (χ1n) is 6.60. The van der Waals surface area contributed by atoms with Gasteiger partial charge in [-0.05, 0) is 23.4 Å². The molecule has 0 bridgehead atoms. The van der Waals surface area contributed by atoms with Crippen molar-refractivity contribution in [3.8, 4) is 10.7 Å². The van der Waals surface area contributed by atoms with E-state index >= 15 is 0 Å². The molecule has 1 unspecified atom stereocenters. The Morgan fingerprint density at radius 2 is 2.21 bits per heavy atom. The molecule has 0 aliphatic heterocycles. The quantitative estimate of drug-likeness (QED) is 0.911. The van der Waals surface area contributed by atoms with Crippen molar-refractivity contribution in [2.75, 3.05) is 6.54 Å². The second-order valence-electron chi connectivity index (χ2n) is 5.67. The summed E-state index contributed by atoms with van der Waals surface area (Å²) in [5, 5.41) is 9.56. The van der Waals surface area contributed by atoms with Crippen molar-refractivity contribution >= 4 is 11.3 Å². The Balaban J connectivity index is 2.10. The fourth-order valence-corrected chi connectivity index (χ4v) is 2.60. The molecule has 0 aliphatic carbocycles. The van der Waals surface area contributed by atoms with Crippen LogP contribution in [-0.4, -0.2) is 22.7 Å². The van der Waals surface area contributed by atoms with Crippen LogP contribution in [0.2, 0.25) is 0 Å². The average Bonchev–Trinajstić information content (AvgIpc) is 2.97. The van der Waals surface area contributed by atoms with Crippen molar-refractivity contribution < 1.29 is 4.52 Å². The molecule has 0 aromatic carbocycles. The number of rotatable bonds is 5. The maximum Gasteiger partial charge on any atom is 0.228 e. The highest BCUT2D eigenvalue weighted by atomic mass is 32.1. The molecule has 104 valence electrons. The molecule has 2 rings (SSSR count). The highest BCUT2D eigenvalue weighted by Gasteiger charge is 2.26. The Bertz CT molecular complexity index is 499. The molecule has 0 fully saturated rings. The van der Waals surface area contributed by atoms with Crippen LogP contribution >= 0.6 is 11.3 Å². The van der Waals surface area contributed by atoms with E-state index in [4.69, 9.17) is 4.52 Å². The minimum absolute atomic E-state index is 0.160. The maximum absolute atomic E-state index is 5.37. The van der Waals surface area contributed by atoms with Crippen molar-refractivity contribution in [3.05, 3.63) is 23.4 Å². The summed E-state index contributed by atoms with van der Waals surface area (Å²) < 4.78 is 5.37. The van der Waals surface area contributed by atoms with Crippen LogP contribution in [0.4, 0.5) is 0 Å². The standard InChI is InChI=1S/C14H21N3OS/c1-5-15-11(14(2,3)4)9-12-16-13(17-18-12)10-7-6-8-19-10/h6-8,11,15H,5,9H2,1-4H3. The molecule has 5 heteroatoms. The van der Waals surface area contributed by atoms with Gasteiger partial charge in [0.05, 0.1) is 4.88 Å². The number of nitrogens with one attached hydrogen (secondary N) is 1. The number of aromatic nitrogens is 2. The molecule has 0 radical (unpaired) electrons. The third-order valence-electron chi connectivity index (χ3n) is 3.08. The lowest BCUT2D eigenvalue weighted by atomic mass is 9.84. The van der Waals surface area contributed by atoms with E-state index in [1.807, 2.05) is 17.5 Å². The van der Waals surface area contributed by atoms with Gasteiger partial charge in [-0.2, -0.15) is 4.98 Å². The van der Waals surface area contributed by atoms with E-state index in [-0.39, 0.29) is 5.41 Å². The van der Waals surface area contributed by atoms with E-state index in [2.05, 4.69) is 43.2 Å². The van der Waals surface area contributed by atoms with E-state index in [1.165, 1.54) is 0 Å². The lowest BCUT2D eigenvalue weighted by Gasteiger charge is -2.30. The van der Waals surface area contributed by atoms with Crippen LogP contribution in [-0.2, 0) is 6.42 Å². The zero-order valence-corrected chi connectivity index (χ0v) is 12.8. The Morgan fingerprint density at radius 3 is 2.79 bits per heavy atom. The molecule has 4 nitrogen and oxygen atoms in total. The molecular weight excluding hydrogens is 258 g/mol. The topological polar surface area (TPSA) is 51.0 Å². The summed E-state index contributed by atoms with van der Waals surface area (Å²) in [5.74, 6) is 1.39. The van der Waals surface area contributed by atoms with Gasteiger partial charge in [-0.1, -0.05) is 38.9 Å². The lowest BCUT2D eigenvalue weighted by molar-refractivity contribution is 0.247. The first-order valence-corrected chi connectivity index (χ1v) is 7.48. The van der Waals surface area contributed by atoms with Gasteiger partial charge in [0.2, 0.25) is 11.7 Å².